The summed E-state index contributed by atoms with van der Waals surface area (Å²) in [7, 11) is 1.40. The fourth-order valence-electron chi connectivity index (χ4n) is 1.76. The molecular formula is C12H12BrNO2. The molecule has 0 aliphatic rings. The smallest absolute Gasteiger partial charge is 0.328 e. The Bertz CT molecular complexity index is 533. The summed E-state index contributed by atoms with van der Waals surface area (Å²) in [5.74, 6) is -0.236. The standard InChI is InChI=1S/C12H12BrNO2/c1-8(12(15)16-2)14-6-5-9-7-10(13)3-4-11(9)14/h3-8H,1-2H3/t8-/m1/s1. The molecule has 0 spiro atoms. The van der Waals surface area contributed by atoms with Crippen molar-refractivity contribution in [3.05, 3.63) is 34.9 Å². The minimum atomic E-state index is -0.302. The predicted molar refractivity (Wildman–Crippen MR) is 66.4 cm³/mol. The Morgan fingerprint density at radius 2 is 2.19 bits per heavy atom. The highest BCUT2D eigenvalue weighted by molar-refractivity contribution is 9.10. The molecule has 0 unspecified atom stereocenters. The van der Waals surface area contributed by atoms with Crippen LogP contribution in [0.2, 0.25) is 0 Å². The lowest BCUT2D eigenvalue weighted by atomic mass is 10.2. The lowest BCUT2D eigenvalue weighted by Gasteiger charge is -2.12. The Hall–Kier alpha value is -1.29. The van der Waals surface area contributed by atoms with Gasteiger partial charge in [-0.1, -0.05) is 15.9 Å². The van der Waals surface area contributed by atoms with Crippen LogP contribution in [0.1, 0.15) is 13.0 Å². The highest BCUT2D eigenvalue weighted by Gasteiger charge is 2.16. The molecule has 0 saturated carbocycles. The third-order valence-corrected chi connectivity index (χ3v) is 3.14. The van der Waals surface area contributed by atoms with E-state index in [-0.39, 0.29) is 12.0 Å². The number of rotatable bonds is 2. The first-order valence-corrected chi connectivity index (χ1v) is 5.76. The molecule has 0 saturated heterocycles. The molecule has 0 bridgehead atoms. The van der Waals surface area contributed by atoms with Crippen molar-refractivity contribution in [3.8, 4) is 0 Å². The van der Waals surface area contributed by atoms with Gasteiger partial charge in [0.15, 0.2) is 0 Å². The zero-order valence-electron chi connectivity index (χ0n) is 9.11. The summed E-state index contributed by atoms with van der Waals surface area (Å²) in [6, 6.07) is 7.65. The van der Waals surface area contributed by atoms with Gasteiger partial charge in [0.25, 0.3) is 0 Å². The number of fused-ring (bicyclic) bond motifs is 1. The number of aromatic nitrogens is 1. The van der Waals surface area contributed by atoms with Crippen LogP contribution in [0.25, 0.3) is 10.9 Å². The average Bonchev–Trinajstić information content (AvgIpc) is 2.69. The number of esters is 1. The quantitative estimate of drug-likeness (QED) is 0.792. The van der Waals surface area contributed by atoms with Crippen molar-refractivity contribution in [1.29, 1.82) is 0 Å². The number of halogens is 1. The van der Waals surface area contributed by atoms with Gasteiger partial charge in [-0.05, 0) is 31.2 Å². The van der Waals surface area contributed by atoms with Crippen LogP contribution in [0.5, 0.6) is 0 Å². The first kappa shape index (κ1) is 11.2. The van der Waals surface area contributed by atoms with E-state index in [2.05, 4.69) is 15.9 Å². The van der Waals surface area contributed by atoms with Gasteiger partial charge in [-0.2, -0.15) is 0 Å². The highest BCUT2D eigenvalue weighted by atomic mass is 79.9. The maximum absolute atomic E-state index is 11.5. The molecule has 16 heavy (non-hydrogen) atoms. The summed E-state index contributed by atoms with van der Waals surface area (Å²) < 4.78 is 7.68. The monoisotopic (exact) mass is 281 g/mol. The molecule has 1 atom stereocenters. The van der Waals surface area contributed by atoms with Crippen LogP contribution < -0.4 is 0 Å². The van der Waals surface area contributed by atoms with E-state index in [0.29, 0.717) is 0 Å². The van der Waals surface area contributed by atoms with Gasteiger partial charge >= 0.3 is 5.97 Å². The summed E-state index contributed by atoms with van der Waals surface area (Å²) >= 11 is 3.42. The van der Waals surface area contributed by atoms with Crippen molar-refractivity contribution < 1.29 is 9.53 Å². The van der Waals surface area contributed by atoms with E-state index in [1.165, 1.54) is 7.11 Å². The highest BCUT2D eigenvalue weighted by Crippen LogP contribution is 2.24. The Labute approximate surface area is 102 Å². The Morgan fingerprint density at radius 3 is 2.88 bits per heavy atom. The second-order valence-corrected chi connectivity index (χ2v) is 4.54. The topological polar surface area (TPSA) is 31.2 Å². The first-order chi connectivity index (χ1) is 7.63. The van der Waals surface area contributed by atoms with Crippen LogP contribution >= 0.6 is 15.9 Å². The molecule has 0 radical (unpaired) electrons. The van der Waals surface area contributed by atoms with Gasteiger partial charge in [-0.3, -0.25) is 0 Å². The molecule has 0 aliphatic carbocycles. The molecule has 0 aliphatic heterocycles. The number of hydrogen-bond donors (Lipinski definition) is 0. The van der Waals surface area contributed by atoms with Crippen LogP contribution in [0.4, 0.5) is 0 Å². The van der Waals surface area contributed by atoms with Crippen molar-refractivity contribution in [2.24, 2.45) is 0 Å². The van der Waals surface area contributed by atoms with Crippen molar-refractivity contribution in [2.75, 3.05) is 7.11 Å². The third-order valence-electron chi connectivity index (χ3n) is 2.64. The molecule has 0 fully saturated rings. The number of nitrogens with zero attached hydrogens (tertiary/aromatic N) is 1. The maximum Gasteiger partial charge on any atom is 0.328 e. The summed E-state index contributed by atoms with van der Waals surface area (Å²) in [6.45, 7) is 1.83. The molecule has 1 aromatic carbocycles. The minimum Gasteiger partial charge on any atom is -0.467 e. The zero-order valence-corrected chi connectivity index (χ0v) is 10.7. The average molecular weight is 282 g/mol. The molecule has 1 heterocycles. The molecule has 0 N–H and O–H groups in total. The van der Waals surface area contributed by atoms with Gasteiger partial charge < -0.3 is 9.30 Å². The molecule has 84 valence electrons. The van der Waals surface area contributed by atoms with Crippen LogP contribution in [0.3, 0.4) is 0 Å². The molecule has 1 aromatic heterocycles. The van der Waals surface area contributed by atoms with Gasteiger partial charge in [0, 0.05) is 21.6 Å². The minimum absolute atomic E-state index is 0.236. The van der Waals surface area contributed by atoms with Crippen LogP contribution in [-0.4, -0.2) is 17.6 Å². The maximum atomic E-state index is 11.5. The third kappa shape index (κ3) is 1.85. The summed E-state index contributed by atoms with van der Waals surface area (Å²) in [6.07, 6.45) is 1.90. The van der Waals surface area contributed by atoms with Gasteiger partial charge in [-0.25, -0.2) is 4.79 Å². The normalized spacial score (nSPS) is 12.7. The fraction of sp³-hybridized carbons (Fsp3) is 0.250. The van der Waals surface area contributed by atoms with E-state index in [9.17, 15) is 4.79 Å². The van der Waals surface area contributed by atoms with Crippen molar-refractivity contribution in [3.63, 3.8) is 0 Å². The fourth-order valence-corrected chi connectivity index (χ4v) is 2.14. The Morgan fingerprint density at radius 1 is 1.44 bits per heavy atom. The molecular weight excluding hydrogens is 270 g/mol. The van der Waals surface area contributed by atoms with E-state index in [1.54, 1.807) is 0 Å². The van der Waals surface area contributed by atoms with Crippen molar-refractivity contribution >= 4 is 32.8 Å². The van der Waals surface area contributed by atoms with Crippen LogP contribution in [0, 0.1) is 0 Å². The van der Waals surface area contributed by atoms with E-state index in [4.69, 9.17) is 4.74 Å². The summed E-state index contributed by atoms with van der Waals surface area (Å²) in [4.78, 5) is 11.5. The van der Waals surface area contributed by atoms with Crippen molar-refractivity contribution in [2.45, 2.75) is 13.0 Å². The number of methoxy groups -OCH3 is 1. The molecule has 4 heteroatoms. The number of ether oxygens (including phenoxy) is 1. The summed E-state index contributed by atoms with van der Waals surface area (Å²) in [5.41, 5.74) is 1.03. The summed E-state index contributed by atoms with van der Waals surface area (Å²) in [5, 5.41) is 1.10. The molecule has 2 aromatic rings. The zero-order chi connectivity index (χ0) is 11.7. The van der Waals surface area contributed by atoms with Crippen LogP contribution in [-0.2, 0) is 9.53 Å². The SMILES string of the molecule is COC(=O)[C@@H](C)n1ccc2cc(Br)ccc21. The van der Waals surface area contributed by atoms with Gasteiger partial charge in [0.2, 0.25) is 0 Å². The van der Waals surface area contributed by atoms with Gasteiger partial charge in [0.05, 0.1) is 7.11 Å². The number of carbonyl (C=O) groups is 1. The van der Waals surface area contributed by atoms with Crippen LogP contribution in [0.15, 0.2) is 34.9 Å². The van der Waals surface area contributed by atoms with Crippen molar-refractivity contribution in [1.82, 2.24) is 4.57 Å². The second kappa shape index (κ2) is 4.29. The van der Waals surface area contributed by atoms with E-state index in [0.717, 1.165) is 15.4 Å². The molecule has 0 amide bonds. The largest absolute Gasteiger partial charge is 0.467 e. The lowest BCUT2D eigenvalue weighted by molar-refractivity contribution is -0.143. The second-order valence-electron chi connectivity index (χ2n) is 3.63. The molecule has 2 rings (SSSR count). The van der Waals surface area contributed by atoms with E-state index in [1.807, 2.05) is 42.0 Å². The van der Waals surface area contributed by atoms with E-state index < -0.39 is 0 Å². The number of hydrogen-bond acceptors (Lipinski definition) is 2. The van der Waals surface area contributed by atoms with Gasteiger partial charge in [0.1, 0.15) is 6.04 Å². The predicted octanol–water partition coefficient (Wildman–Crippen LogP) is 3.14. The lowest BCUT2D eigenvalue weighted by Crippen LogP contribution is -2.16. The molecule has 3 nitrogen and oxygen atoms in total. The van der Waals surface area contributed by atoms with Gasteiger partial charge in [-0.15, -0.1) is 0 Å². The Kier molecular flexibility index (Phi) is 3.01. The Balaban J connectivity index is 2.50. The number of carbonyl (C=O) groups excluding carboxylic acids is 1. The van der Waals surface area contributed by atoms with E-state index >= 15 is 0 Å². The number of benzene rings is 1. The first-order valence-electron chi connectivity index (χ1n) is 4.97.